The Bertz CT molecular complexity index is 351. The molecule has 0 bridgehead atoms. The fourth-order valence-electron chi connectivity index (χ4n) is 3.10. The molecule has 3 atom stereocenters. The molecule has 0 saturated heterocycles. The lowest BCUT2D eigenvalue weighted by atomic mass is 9.74. The Kier molecular flexibility index (Phi) is 4.10. The van der Waals surface area contributed by atoms with E-state index in [9.17, 15) is 5.11 Å². The molecule has 2 nitrogen and oxygen atoms in total. The van der Waals surface area contributed by atoms with Crippen LogP contribution in [-0.2, 0) is 0 Å². The molecule has 0 radical (unpaired) electrons. The van der Waals surface area contributed by atoms with Gasteiger partial charge in [-0.25, -0.2) is 0 Å². The van der Waals surface area contributed by atoms with Crippen LogP contribution >= 0.6 is 11.3 Å². The Morgan fingerprint density at radius 3 is 2.47 bits per heavy atom. The van der Waals surface area contributed by atoms with Gasteiger partial charge in [0.25, 0.3) is 0 Å². The van der Waals surface area contributed by atoms with E-state index in [0.29, 0.717) is 5.92 Å². The molecule has 0 aliphatic heterocycles. The highest BCUT2D eigenvalue weighted by atomic mass is 32.1. The summed E-state index contributed by atoms with van der Waals surface area (Å²) in [6.45, 7) is 4.59. The highest BCUT2D eigenvalue weighted by Crippen LogP contribution is 2.41. The second kappa shape index (κ2) is 5.40. The number of thiophene rings is 1. The molecule has 0 spiro atoms. The van der Waals surface area contributed by atoms with E-state index in [1.807, 2.05) is 11.4 Å². The standard InChI is InChI=1S/C14H22O2S/c1-9-4-10(2)6-11(5-9)14(15)13-7-12(16-3)8-17-13/h7-11,14-15H,4-6H2,1-3H3. The Labute approximate surface area is 108 Å². The lowest BCUT2D eigenvalue weighted by Crippen LogP contribution is -2.24. The summed E-state index contributed by atoms with van der Waals surface area (Å²) in [5.74, 6) is 2.75. The van der Waals surface area contributed by atoms with Crippen LogP contribution in [0.15, 0.2) is 11.4 Å². The van der Waals surface area contributed by atoms with Crippen molar-refractivity contribution in [2.45, 2.75) is 39.2 Å². The predicted octanol–water partition coefficient (Wildman–Crippen LogP) is 3.86. The number of aliphatic hydroxyl groups is 1. The summed E-state index contributed by atoms with van der Waals surface area (Å²) in [6.07, 6.45) is 3.28. The maximum atomic E-state index is 10.4. The summed E-state index contributed by atoms with van der Waals surface area (Å²) in [5.41, 5.74) is 0. The number of hydrogen-bond acceptors (Lipinski definition) is 3. The van der Waals surface area contributed by atoms with E-state index >= 15 is 0 Å². The number of hydrogen-bond donors (Lipinski definition) is 1. The van der Waals surface area contributed by atoms with Crippen molar-refractivity contribution in [3.8, 4) is 5.75 Å². The molecule has 2 rings (SSSR count). The van der Waals surface area contributed by atoms with Crippen molar-refractivity contribution in [2.75, 3.05) is 7.11 Å². The van der Waals surface area contributed by atoms with Gasteiger partial charge in [0, 0.05) is 10.3 Å². The molecule has 1 heterocycles. The van der Waals surface area contributed by atoms with Crippen LogP contribution in [0, 0.1) is 17.8 Å². The van der Waals surface area contributed by atoms with Gasteiger partial charge >= 0.3 is 0 Å². The molecule has 1 saturated carbocycles. The van der Waals surface area contributed by atoms with E-state index < -0.39 is 0 Å². The van der Waals surface area contributed by atoms with Crippen molar-refractivity contribution in [3.05, 3.63) is 16.3 Å². The summed E-state index contributed by atoms with van der Waals surface area (Å²) < 4.78 is 5.17. The van der Waals surface area contributed by atoms with Crippen molar-refractivity contribution in [1.29, 1.82) is 0 Å². The first kappa shape index (κ1) is 12.9. The third-order valence-corrected chi connectivity index (χ3v) is 4.77. The zero-order chi connectivity index (χ0) is 12.4. The van der Waals surface area contributed by atoms with Gasteiger partial charge in [-0.05, 0) is 43.1 Å². The minimum atomic E-state index is -0.311. The lowest BCUT2D eigenvalue weighted by molar-refractivity contribution is 0.0576. The van der Waals surface area contributed by atoms with Crippen LogP contribution in [-0.4, -0.2) is 12.2 Å². The normalized spacial score (nSPS) is 31.2. The molecule has 1 aromatic rings. The number of aliphatic hydroxyl groups excluding tert-OH is 1. The first-order valence-electron chi connectivity index (χ1n) is 6.40. The van der Waals surface area contributed by atoms with Gasteiger partial charge in [0.15, 0.2) is 0 Å². The zero-order valence-corrected chi connectivity index (χ0v) is 11.7. The van der Waals surface area contributed by atoms with E-state index in [2.05, 4.69) is 13.8 Å². The maximum Gasteiger partial charge on any atom is 0.129 e. The molecule has 3 unspecified atom stereocenters. The third kappa shape index (κ3) is 3.02. The van der Waals surface area contributed by atoms with E-state index in [4.69, 9.17) is 4.74 Å². The van der Waals surface area contributed by atoms with Gasteiger partial charge in [-0.3, -0.25) is 0 Å². The topological polar surface area (TPSA) is 29.5 Å². The van der Waals surface area contributed by atoms with Crippen LogP contribution in [0.5, 0.6) is 5.75 Å². The van der Waals surface area contributed by atoms with Gasteiger partial charge in [0.1, 0.15) is 5.75 Å². The molecule has 96 valence electrons. The largest absolute Gasteiger partial charge is 0.496 e. The van der Waals surface area contributed by atoms with Gasteiger partial charge in [0.2, 0.25) is 0 Å². The average molecular weight is 254 g/mol. The second-order valence-corrected chi connectivity index (χ2v) is 6.45. The summed E-state index contributed by atoms with van der Waals surface area (Å²) in [5, 5.41) is 12.4. The number of rotatable bonds is 3. The first-order chi connectivity index (χ1) is 8.10. The van der Waals surface area contributed by atoms with Crippen LogP contribution in [0.3, 0.4) is 0 Å². The van der Waals surface area contributed by atoms with Gasteiger partial charge in [-0.1, -0.05) is 13.8 Å². The van der Waals surface area contributed by atoms with E-state index in [0.717, 1.165) is 35.3 Å². The van der Waals surface area contributed by atoms with Gasteiger partial charge in [-0.2, -0.15) is 0 Å². The molecule has 1 aliphatic carbocycles. The van der Waals surface area contributed by atoms with Crippen LogP contribution in [0.4, 0.5) is 0 Å². The molecule has 1 aliphatic rings. The highest BCUT2D eigenvalue weighted by molar-refractivity contribution is 7.10. The molecule has 17 heavy (non-hydrogen) atoms. The monoisotopic (exact) mass is 254 g/mol. The quantitative estimate of drug-likeness (QED) is 0.887. The van der Waals surface area contributed by atoms with Gasteiger partial charge < -0.3 is 9.84 Å². The molecule has 1 fully saturated rings. The summed E-state index contributed by atoms with van der Waals surface area (Å²) >= 11 is 1.60. The lowest BCUT2D eigenvalue weighted by Gasteiger charge is -2.33. The molecule has 3 heteroatoms. The zero-order valence-electron chi connectivity index (χ0n) is 10.8. The van der Waals surface area contributed by atoms with E-state index in [1.165, 1.54) is 6.42 Å². The molecule has 0 aromatic carbocycles. The predicted molar refractivity (Wildman–Crippen MR) is 71.5 cm³/mol. The molecular weight excluding hydrogens is 232 g/mol. The van der Waals surface area contributed by atoms with Gasteiger partial charge in [-0.15, -0.1) is 11.3 Å². The minimum Gasteiger partial charge on any atom is -0.496 e. The Morgan fingerprint density at radius 2 is 1.94 bits per heavy atom. The van der Waals surface area contributed by atoms with Crippen molar-refractivity contribution >= 4 is 11.3 Å². The number of methoxy groups -OCH3 is 1. The second-order valence-electron chi connectivity index (χ2n) is 5.51. The van der Waals surface area contributed by atoms with Crippen LogP contribution in [0.2, 0.25) is 0 Å². The average Bonchev–Trinajstić information content (AvgIpc) is 2.75. The van der Waals surface area contributed by atoms with Crippen LogP contribution < -0.4 is 4.74 Å². The van der Waals surface area contributed by atoms with Crippen molar-refractivity contribution in [3.63, 3.8) is 0 Å². The molecule has 1 N–H and O–H groups in total. The third-order valence-electron chi connectivity index (χ3n) is 3.78. The molecule has 0 amide bonds. The van der Waals surface area contributed by atoms with Crippen molar-refractivity contribution in [2.24, 2.45) is 17.8 Å². The fraction of sp³-hybridized carbons (Fsp3) is 0.714. The smallest absolute Gasteiger partial charge is 0.129 e. The Morgan fingerprint density at radius 1 is 1.29 bits per heavy atom. The molecule has 1 aromatic heterocycles. The first-order valence-corrected chi connectivity index (χ1v) is 7.28. The number of ether oxygens (including phenoxy) is 1. The van der Waals surface area contributed by atoms with E-state index in [1.54, 1.807) is 18.4 Å². The van der Waals surface area contributed by atoms with Crippen molar-refractivity contribution in [1.82, 2.24) is 0 Å². The molecular formula is C14H22O2S. The highest BCUT2D eigenvalue weighted by Gasteiger charge is 2.30. The SMILES string of the molecule is COc1csc(C(O)C2CC(C)CC(C)C2)c1. The van der Waals surface area contributed by atoms with E-state index in [-0.39, 0.29) is 6.10 Å². The Balaban J connectivity index is 2.05. The van der Waals surface area contributed by atoms with Gasteiger partial charge in [0.05, 0.1) is 13.2 Å². The summed E-state index contributed by atoms with van der Waals surface area (Å²) in [7, 11) is 1.67. The fourth-order valence-corrected chi connectivity index (χ4v) is 4.03. The van der Waals surface area contributed by atoms with Crippen LogP contribution in [0.25, 0.3) is 0 Å². The Hall–Kier alpha value is -0.540. The van der Waals surface area contributed by atoms with Crippen molar-refractivity contribution < 1.29 is 9.84 Å². The minimum absolute atomic E-state index is 0.311. The maximum absolute atomic E-state index is 10.4. The summed E-state index contributed by atoms with van der Waals surface area (Å²) in [6, 6.07) is 1.97. The summed E-state index contributed by atoms with van der Waals surface area (Å²) in [4.78, 5) is 1.05. The van der Waals surface area contributed by atoms with Crippen LogP contribution in [0.1, 0.15) is 44.1 Å².